The highest BCUT2D eigenvalue weighted by molar-refractivity contribution is 7.95. The molecule has 0 aliphatic rings. The van der Waals surface area contributed by atoms with Gasteiger partial charge in [0.1, 0.15) is 0 Å². The van der Waals surface area contributed by atoms with Crippen LogP contribution in [0.2, 0.25) is 0 Å². The molecule has 1 unspecified atom stereocenters. The van der Waals surface area contributed by atoms with E-state index in [1.807, 2.05) is 0 Å². The molecular formula is C12H12O7S. The van der Waals surface area contributed by atoms with Gasteiger partial charge in [-0.25, -0.2) is 4.79 Å². The molecular weight excluding hydrogens is 288 g/mol. The Labute approximate surface area is 118 Å². The molecule has 20 heavy (non-hydrogen) atoms. The van der Waals surface area contributed by atoms with Crippen LogP contribution in [0.5, 0.6) is 0 Å². The number of carboxylic acid groups (broad SMARTS) is 2. The third-order valence-electron chi connectivity index (χ3n) is 2.25. The molecule has 0 heterocycles. The van der Waals surface area contributed by atoms with E-state index in [2.05, 4.69) is 0 Å². The lowest BCUT2D eigenvalue weighted by atomic mass is 9.96. The van der Waals surface area contributed by atoms with Crippen LogP contribution in [0.15, 0.2) is 35.2 Å². The SMILES string of the molecule is O=C(O)CC(O)(CC(=O)OSc1ccccc1)C(=O)O. The van der Waals surface area contributed by atoms with E-state index in [4.69, 9.17) is 14.4 Å². The number of hydrogen-bond donors (Lipinski definition) is 3. The second kappa shape index (κ2) is 6.92. The van der Waals surface area contributed by atoms with Crippen molar-refractivity contribution in [3.05, 3.63) is 30.3 Å². The third kappa shape index (κ3) is 4.90. The topological polar surface area (TPSA) is 121 Å². The first-order chi connectivity index (χ1) is 9.33. The number of aliphatic carboxylic acids is 2. The molecule has 1 atom stereocenters. The van der Waals surface area contributed by atoms with Crippen molar-refractivity contribution in [2.45, 2.75) is 23.3 Å². The number of benzene rings is 1. The van der Waals surface area contributed by atoms with E-state index in [1.165, 1.54) is 0 Å². The van der Waals surface area contributed by atoms with Crippen LogP contribution in [0.3, 0.4) is 0 Å². The van der Waals surface area contributed by atoms with Gasteiger partial charge in [0.2, 0.25) is 0 Å². The van der Waals surface area contributed by atoms with Crippen molar-refractivity contribution in [3.63, 3.8) is 0 Å². The van der Waals surface area contributed by atoms with Gasteiger partial charge in [-0.2, -0.15) is 0 Å². The van der Waals surface area contributed by atoms with Crippen LogP contribution in [0.1, 0.15) is 12.8 Å². The summed E-state index contributed by atoms with van der Waals surface area (Å²) >= 11 is 0.699. The number of carboxylic acids is 2. The Hall–Kier alpha value is -2.06. The van der Waals surface area contributed by atoms with Crippen molar-refractivity contribution in [1.82, 2.24) is 0 Å². The fourth-order valence-electron chi connectivity index (χ4n) is 1.30. The predicted octanol–water partition coefficient (Wildman–Crippen LogP) is 0.917. The summed E-state index contributed by atoms with van der Waals surface area (Å²) in [5.74, 6) is -4.34. The van der Waals surface area contributed by atoms with Crippen LogP contribution in [0.4, 0.5) is 0 Å². The summed E-state index contributed by atoms with van der Waals surface area (Å²) < 4.78 is 4.72. The summed E-state index contributed by atoms with van der Waals surface area (Å²) in [6.07, 6.45) is -2.04. The zero-order chi connectivity index (χ0) is 15.2. The molecule has 7 nitrogen and oxygen atoms in total. The quantitative estimate of drug-likeness (QED) is 0.635. The zero-order valence-corrected chi connectivity index (χ0v) is 11.0. The monoisotopic (exact) mass is 300 g/mol. The molecule has 8 heteroatoms. The van der Waals surface area contributed by atoms with Gasteiger partial charge in [0.05, 0.1) is 24.9 Å². The number of carbonyl (C=O) groups excluding carboxylic acids is 1. The van der Waals surface area contributed by atoms with Crippen LogP contribution in [-0.2, 0) is 18.6 Å². The Morgan fingerprint density at radius 1 is 1.10 bits per heavy atom. The minimum atomic E-state index is -2.68. The van der Waals surface area contributed by atoms with E-state index in [-0.39, 0.29) is 0 Å². The molecule has 0 saturated carbocycles. The first kappa shape index (κ1) is 16.0. The Balaban J connectivity index is 2.59. The summed E-state index contributed by atoms with van der Waals surface area (Å²) in [5, 5.41) is 27.0. The number of carbonyl (C=O) groups is 3. The summed E-state index contributed by atoms with van der Waals surface area (Å²) in [4.78, 5) is 33.4. The van der Waals surface area contributed by atoms with Gasteiger partial charge < -0.3 is 19.5 Å². The summed E-state index contributed by atoms with van der Waals surface area (Å²) in [7, 11) is 0. The molecule has 0 aliphatic heterocycles. The van der Waals surface area contributed by atoms with Gasteiger partial charge in [-0.15, -0.1) is 0 Å². The van der Waals surface area contributed by atoms with Gasteiger partial charge in [0.25, 0.3) is 0 Å². The first-order valence-corrected chi connectivity index (χ1v) is 6.17. The molecule has 1 aromatic carbocycles. The van der Waals surface area contributed by atoms with Gasteiger partial charge in [-0.3, -0.25) is 9.59 Å². The molecule has 0 spiro atoms. The minimum Gasteiger partial charge on any atom is -0.481 e. The highest BCUT2D eigenvalue weighted by Crippen LogP contribution is 2.22. The van der Waals surface area contributed by atoms with Crippen molar-refractivity contribution in [2.24, 2.45) is 0 Å². The van der Waals surface area contributed by atoms with Crippen molar-refractivity contribution >= 4 is 30.0 Å². The van der Waals surface area contributed by atoms with Crippen molar-refractivity contribution < 1.29 is 33.9 Å². The van der Waals surface area contributed by atoms with Crippen LogP contribution < -0.4 is 0 Å². The second-order valence-electron chi connectivity index (χ2n) is 3.94. The third-order valence-corrected chi connectivity index (χ3v) is 2.99. The molecule has 1 aromatic rings. The fourth-order valence-corrected chi connectivity index (χ4v) is 1.82. The maximum atomic E-state index is 11.5. The Kier molecular flexibility index (Phi) is 5.53. The number of rotatable bonds is 7. The number of hydrogen-bond acceptors (Lipinski definition) is 6. The average molecular weight is 300 g/mol. The van der Waals surface area contributed by atoms with Crippen molar-refractivity contribution in [2.75, 3.05) is 0 Å². The van der Waals surface area contributed by atoms with Gasteiger partial charge in [-0.1, -0.05) is 18.2 Å². The summed E-state index contributed by atoms with van der Waals surface area (Å²) in [6.45, 7) is 0. The van der Waals surface area contributed by atoms with Gasteiger partial charge in [0.15, 0.2) is 5.60 Å². The predicted molar refractivity (Wildman–Crippen MR) is 67.8 cm³/mol. The van der Waals surface area contributed by atoms with E-state index in [0.29, 0.717) is 16.9 Å². The summed E-state index contributed by atoms with van der Waals surface area (Å²) in [5.41, 5.74) is -2.68. The average Bonchev–Trinajstić information content (AvgIpc) is 2.36. The zero-order valence-electron chi connectivity index (χ0n) is 10.2. The molecule has 0 bridgehead atoms. The highest BCUT2D eigenvalue weighted by Gasteiger charge is 2.41. The Bertz CT molecular complexity index is 502. The minimum absolute atomic E-state index is 0.609. The molecule has 0 aliphatic carbocycles. The van der Waals surface area contributed by atoms with Gasteiger partial charge in [0, 0.05) is 4.90 Å². The largest absolute Gasteiger partial charge is 0.481 e. The lowest BCUT2D eigenvalue weighted by molar-refractivity contribution is -0.169. The van der Waals surface area contributed by atoms with E-state index >= 15 is 0 Å². The van der Waals surface area contributed by atoms with Gasteiger partial charge >= 0.3 is 17.9 Å². The highest BCUT2D eigenvalue weighted by atomic mass is 32.2. The molecule has 0 fully saturated rings. The Morgan fingerprint density at radius 2 is 1.70 bits per heavy atom. The smallest absolute Gasteiger partial charge is 0.336 e. The molecule has 1 rings (SSSR count). The van der Waals surface area contributed by atoms with Crippen LogP contribution in [0.25, 0.3) is 0 Å². The van der Waals surface area contributed by atoms with Crippen LogP contribution >= 0.6 is 12.0 Å². The molecule has 3 N–H and O–H groups in total. The lowest BCUT2D eigenvalue weighted by Gasteiger charge is -2.19. The fraction of sp³-hybridized carbons (Fsp3) is 0.250. The van der Waals surface area contributed by atoms with Crippen LogP contribution in [-0.4, -0.2) is 38.8 Å². The van der Waals surface area contributed by atoms with Crippen molar-refractivity contribution in [3.8, 4) is 0 Å². The second-order valence-corrected chi connectivity index (χ2v) is 4.74. The lowest BCUT2D eigenvalue weighted by Crippen LogP contribution is -2.42. The number of aliphatic hydroxyl groups is 1. The molecule has 0 radical (unpaired) electrons. The van der Waals surface area contributed by atoms with Crippen molar-refractivity contribution in [1.29, 1.82) is 0 Å². The summed E-state index contributed by atoms with van der Waals surface area (Å²) in [6, 6.07) is 8.53. The normalized spacial score (nSPS) is 13.2. The molecule has 0 amide bonds. The van der Waals surface area contributed by atoms with E-state index in [0.717, 1.165) is 0 Å². The Morgan fingerprint density at radius 3 is 2.20 bits per heavy atom. The molecule has 0 aromatic heterocycles. The first-order valence-electron chi connectivity index (χ1n) is 5.43. The standard InChI is InChI=1S/C12H12O7S/c13-9(14)6-12(18,11(16)17)7-10(15)19-20-8-4-2-1-3-5-8/h1-5,18H,6-7H2,(H,13,14)(H,16,17). The van der Waals surface area contributed by atoms with Crippen LogP contribution in [0, 0.1) is 0 Å². The van der Waals surface area contributed by atoms with Gasteiger partial charge in [-0.05, 0) is 12.1 Å². The maximum absolute atomic E-state index is 11.5. The van der Waals surface area contributed by atoms with E-state index < -0.39 is 36.4 Å². The molecule has 0 saturated heterocycles. The van der Waals surface area contributed by atoms with E-state index in [1.54, 1.807) is 30.3 Å². The maximum Gasteiger partial charge on any atom is 0.336 e. The van der Waals surface area contributed by atoms with E-state index in [9.17, 15) is 19.5 Å². The molecule has 108 valence electrons.